The molecule has 0 amide bonds. The zero-order valence-corrected chi connectivity index (χ0v) is 24.6. The van der Waals surface area contributed by atoms with Gasteiger partial charge in [-0.1, -0.05) is 6.92 Å². The number of hydrogen-bond acceptors (Lipinski definition) is 10. The first-order valence-corrected chi connectivity index (χ1v) is 15.3. The van der Waals surface area contributed by atoms with E-state index in [9.17, 15) is 24.9 Å². The summed E-state index contributed by atoms with van der Waals surface area (Å²) in [5, 5.41) is 35.2. The topological polar surface area (TPSA) is 141 Å². The third kappa shape index (κ3) is 4.15. The van der Waals surface area contributed by atoms with Crippen molar-refractivity contribution in [2.75, 3.05) is 20.8 Å². The molecule has 3 N–H and O–H groups in total. The second-order valence-corrected chi connectivity index (χ2v) is 13.8. The minimum Gasteiger partial charge on any atom is -0.458 e. The number of rotatable bonds is 6. The summed E-state index contributed by atoms with van der Waals surface area (Å²) in [7, 11) is 3.04. The van der Waals surface area contributed by atoms with Crippen LogP contribution < -0.4 is 0 Å². The van der Waals surface area contributed by atoms with Crippen molar-refractivity contribution in [3.8, 4) is 0 Å². The zero-order valence-electron chi connectivity index (χ0n) is 24.6. The molecule has 0 aromatic rings. The van der Waals surface area contributed by atoms with E-state index in [1.165, 1.54) is 14.2 Å². The molecule has 0 spiro atoms. The number of cyclic esters (lactones) is 1. The van der Waals surface area contributed by atoms with Gasteiger partial charge in [0.1, 0.15) is 31.2 Å². The lowest BCUT2D eigenvalue weighted by Gasteiger charge is -2.65. The normalized spacial score (nSPS) is 53.1. The maximum Gasteiger partial charge on any atom is 0.331 e. The van der Waals surface area contributed by atoms with Crippen LogP contribution in [0.2, 0.25) is 0 Å². The van der Waals surface area contributed by atoms with Gasteiger partial charge in [-0.3, -0.25) is 0 Å². The summed E-state index contributed by atoms with van der Waals surface area (Å²) >= 11 is 0. The summed E-state index contributed by atoms with van der Waals surface area (Å²) in [5.74, 6) is -0.499. The molecule has 10 nitrogen and oxygen atoms in total. The van der Waals surface area contributed by atoms with E-state index in [0.717, 1.165) is 31.1 Å². The first kappa shape index (κ1) is 29.7. The predicted octanol–water partition coefficient (Wildman–Crippen LogP) is 2.06. The third-order valence-electron chi connectivity index (χ3n) is 12.5. The molecule has 0 aromatic carbocycles. The molecule has 0 radical (unpaired) electrons. The second-order valence-electron chi connectivity index (χ2n) is 13.8. The van der Waals surface area contributed by atoms with Crippen molar-refractivity contribution in [3.05, 3.63) is 11.6 Å². The van der Waals surface area contributed by atoms with Gasteiger partial charge < -0.3 is 43.8 Å². The van der Waals surface area contributed by atoms with Gasteiger partial charge in [-0.15, -0.1) is 0 Å². The van der Waals surface area contributed by atoms with Crippen LogP contribution in [0.1, 0.15) is 71.6 Å². The summed E-state index contributed by atoms with van der Waals surface area (Å²) in [6, 6.07) is 0. The van der Waals surface area contributed by atoms with E-state index in [0.29, 0.717) is 38.7 Å². The lowest BCUT2D eigenvalue weighted by Crippen LogP contribution is -2.69. The molecule has 41 heavy (non-hydrogen) atoms. The van der Waals surface area contributed by atoms with Gasteiger partial charge in [-0.25, -0.2) is 4.79 Å². The van der Waals surface area contributed by atoms with Crippen LogP contribution >= 0.6 is 0 Å². The minimum absolute atomic E-state index is 0.0677. The molecule has 0 aromatic heterocycles. The summed E-state index contributed by atoms with van der Waals surface area (Å²) in [6.45, 7) is 4.20. The van der Waals surface area contributed by atoms with Crippen LogP contribution in [0.15, 0.2) is 11.6 Å². The van der Waals surface area contributed by atoms with Crippen LogP contribution in [0.4, 0.5) is 0 Å². The first-order valence-electron chi connectivity index (χ1n) is 15.3. The Morgan fingerprint density at radius 1 is 1.00 bits per heavy atom. The Morgan fingerprint density at radius 2 is 1.73 bits per heavy atom. The fourth-order valence-corrected chi connectivity index (χ4v) is 10.2. The monoisotopic (exact) mass is 578 g/mol. The molecule has 4 aliphatic carbocycles. The molecule has 4 saturated carbocycles. The van der Waals surface area contributed by atoms with Gasteiger partial charge in [0.25, 0.3) is 0 Å². The van der Waals surface area contributed by atoms with E-state index in [4.69, 9.17) is 23.7 Å². The van der Waals surface area contributed by atoms with E-state index in [1.54, 1.807) is 13.0 Å². The summed E-state index contributed by atoms with van der Waals surface area (Å²) in [5.41, 5.74) is -2.66. The van der Waals surface area contributed by atoms with E-state index in [1.807, 2.05) is 0 Å². The number of methoxy groups -OCH3 is 2. The zero-order chi connectivity index (χ0) is 29.4. The Balaban J connectivity index is 1.22. The minimum atomic E-state index is -1.27. The number of ether oxygens (including phenoxy) is 5. The maximum atomic E-state index is 13.1. The highest BCUT2D eigenvalue weighted by molar-refractivity contribution is 5.85. The van der Waals surface area contributed by atoms with Crippen molar-refractivity contribution >= 4 is 12.3 Å². The number of esters is 1. The summed E-state index contributed by atoms with van der Waals surface area (Å²) in [4.78, 5) is 24.9. The highest BCUT2D eigenvalue weighted by atomic mass is 16.7. The van der Waals surface area contributed by atoms with Crippen molar-refractivity contribution in [2.24, 2.45) is 28.6 Å². The average Bonchev–Trinajstić information content (AvgIpc) is 3.49. The molecule has 5 fully saturated rings. The van der Waals surface area contributed by atoms with E-state index in [-0.39, 0.29) is 36.2 Å². The highest BCUT2D eigenvalue weighted by Crippen LogP contribution is 2.70. The van der Waals surface area contributed by atoms with Gasteiger partial charge in [-0.2, -0.15) is 0 Å². The lowest BCUT2D eigenvalue weighted by atomic mass is 9.41. The van der Waals surface area contributed by atoms with Gasteiger partial charge in [-0.05, 0) is 81.6 Å². The van der Waals surface area contributed by atoms with Crippen LogP contribution in [0.25, 0.3) is 0 Å². The van der Waals surface area contributed by atoms with Crippen LogP contribution in [0, 0.1) is 28.6 Å². The van der Waals surface area contributed by atoms with Crippen molar-refractivity contribution in [2.45, 2.75) is 120 Å². The van der Waals surface area contributed by atoms with Crippen LogP contribution in [0.5, 0.6) is 0 Å². The standard InChI is InChI=1S/C31H46O10/c1-17-24(34)25(37-3)26(38-4)27(40-17)41-19-5-10-29(16-32)21-6-9-28(2)20(18-13-23(33)39-15-18)8-12-31(28,36)22(21)7-11-30(29,35)14-19/h13,16-17,19-22,24-27,34-36H,5-12,14-15H2,1-4H3/t17-,19+,20+,21-,22+,24-,25-,26-,27-,28+,29-,30-,31+/m0/s1. The molecule has 1 saturated heterocycles. The Kier molecular flexibility index (Phi) is 7.49. The number of carbonyl (C=O) groups is 2. The largest absolute Gasteiger partial charge is 0.458 e. The van der Waals surface area contributed by atoms with Crippen molar-refractivity contribution in [1.82, 2.24) is 0 Å². The van der Waals surface area contributed by atoms with E-state index in [2.05, 4.69) is 6.92 Å². The molecular formula is C31H46O10. The number of aliphatic hydroxyl groups is 3. The molecule has 230 valence electrons. The molecule has 6 rings (SSSR count). The van der Waals surface area contributed by atoms with Gasteiger partial charge >= 0.3 is 5.97 Å². The van der Waals surface area contributed by atoms with Gasteiger partial charge in [0, 0.05) is 32.1 Å². The molecule has 13 atom stereocenters. The smallest absolute Gasteiger partial charge is 0.331 e. The fourth-order valence-electron chi connectivity index (χ4n) is 10.2. The van der Waals surface area contributed by atoms with Gasteiger partial charge in [0.15, 0.2) is 6.29 Å². The molecule has 0 unspecified atom stereocenters. The van der Waals surface area contributed by atoms with E-state index < -0.39 is 52.7 Å². The Labute approximate surface area is 241 Å². The van der Waals surface area contributed by atoms with Crippen molar-refractivity contribution < 1.29 is 48.6 Å². The summed E-state index contributed by atoms with van der Waals surface area (Å²) in [6.07, 6.45) is 3.93. The second kappa shape index (κ2) is 10.4. The number of fused-ring (bicyclic) bond motifs is 5. The predicted molar refractivity (Wildman–Crippen MR) is 144 cm³/mol. The lowest BCUT2D eigenvalue weighted by molar-refractivity contribution is -0.323. The molecule has 0 bridgehead atoms. The fraction of sp³-hybridized carbons (Fsp3) is 0.871. The molecule has 6 aliphatic rings. The average molecular weight is 579 g/mol. The summed E-state index contributed by atoms with van der Waals surface area (Å²) < 4.78 is 28.7. The quantitative estimate of drug-likeness (QED) is 0.244. The number of hydrogen-bond donors (Lipinski definition) is 3. The van der Waals surface area contributed by atoms with Crippen LogP contribution in [-0.2, 0) is 33.3 Å². The van der Waals surface area contributed by atoms with Gasteiger partial charge in [0.05, 0.1) is 28.8 Å². The third-order valence-corrected chi connectivity index (χ3v) is 12.5. The maximum absolute atomic E-state index is 13.1. The van der Waals surface area contributed by atoms with Crippen molar-refractivity contribution in [3.63, 3.8) is 0 Å². The SMILES string of the molecule is CO[C@@H]1[C@H](O[C@@H]2CC[C@]3(C=O)[C@H]4CC[C@]5(C)[C@@H](C6=CC(=O)OC6)CC[C@@]5(O)[C@@H]4CC[C@]3(O)C2)O[C@@H](C)[C@H](O)[C@@H]1OC. The van der Waals surface area contributed by atoms with E-state index >= 15 is 0 Å². The molecular weight excluding hydrogens is 532 g/mol. The Morgan fingerprint density at radius 3 is 2.39 bits per heavy atom. The molecule has 10 heteroatoms. The number of carbonyl (C=O) groups excluding carboxylic acids is 2. The Hall–Kier alpha value is -1.40. The molecule has 2 aliphatic heterocycles. The first-order chi connectivity index (χ1) is 19.5. The van der Waals surface area contributed by atoms with Crippen molar-refractivity contribution in [1.29, 1.82) is 0 Å². The highest BCUT2D eigenvalue weighted by Gasteiger charge is 2.71. The van der Waals surface area contributed by atoms with Crippen LogP contribution in [-0.4, -0.2) is 96.4 Å². The number of aliphatic hydroxyl groups excluding tert-OH is 1. The Bertz CT molecular complexity index is 1080. The number of aldehydes is 1. The van der Waals surface area contributed by atoms with Crippen LogP contribution in [0.3, 0.4) is 0 Å². The molecule has 2 heterocycles. The van der Waals surface area contributed by atoms with Gasteiger partial charge in [0.2, 0.25) is 0 Å².